The number of nitrogens with zero attached hydrogens (tertiary/aromatic N) is 6. The largest absolute Gasteiger partial charge is 0.363 e. The van der Waals surface area contributed by atoms with Crippen LogP contribution in [0, 0.1) is 11.3 Å². The van der Waals surface area contributed by atoms with Crippen LogP contribution >= 0.6 is 0 Å². The van der Waals surface area contributed by atoms with Crippen molar-refractivity contribution in [2.45, 2.75) is 6.54 Å². The molecule has 0 fully saturated rings. The second-order valence-corrected chi connectivity index (χ2v) is 6.92. The van der Waals surface area contributed by atoms with Gasteiger partial charge in [0.05, 0.1) is 17.8 Å². The lowest BCUT2D eigenvalue weighted by Crippen LogP contribution is -2.08. The number of nitriles is 1. The topological polar surface area (TPSA) is 91.8 Å². The van der Waals surface area contributed by atoms with Crippen LogP contribution in [0.25, 0.3) is 28.0 Å². The van der Waals surface area contributed by atoms with E-state index in [0.29, 0.717) is 29.3 Å². The number of nitrogens with one attached hydrogen (secondary N) is 1. The summed E-state index contributed by atoms with van der Waals surface area (Å²) < 4.78 is 1.81. The van der Waals surface area contributed by atoms with Gasteiger partial charge in [0, 0.05) is 35.9 Å². The number of hydrogen-bond acceptors (Lipinski definition) is 6. The van der Waals surface area contributed by atoms with E-state index in [1.165, 1.54) is 6.20 Å². The van der Waals surface area contributed by atoms with Crippen molar-refractivity contribution in [2.24, 2.45) is 0 Å². The van der Waals surface area contributed by atoms with Crippen molar-refractivity contribution in [2.75, 3.05) is 5.32 Å². The molecular formula is C24H17N7. The van der Waals surface area contributed by atoms with Gasteiger partial charge in [-0.15, -0.1) is 5.10 Å². The van der Waals surface area contributed by atoms with Crippen LogP contribution in [0.1, 0.15) is 11.3 Å². The van der Waals surface area contributed by atoms with E-state index < -0.39 is 0 Å². The lowest BCUT2D eigenvalue weighted by molar-refractivity contribution is 0.905. The maximum atomic E-state index is 9.22. The standard InChI is InChI=1S/C24H17N7/c25-13-17-12-19(15-26-14-17)23-29-24(28-16-20-8-4-5-10-27-20)22-21(9-11-31(22)30-23)18-6-2-1-3-7-18/h1-12,14-15H,16H2,(H,28,29,30). The first-order chi connectivity index (χ1) is 15.3. The normalized spacial score (nSPS) is 10.7. The van der Waals surface area contributed by atoms with Gasteiger partial charge in [0.25, 0.3) is 0 Å². The fourth-order valence-corrected chi connectivity index (χ4v) is 3.42. The Labute approximate surface area is 178 Å². The molecule has 4 heterocycles. The minimum Gasteiger partial charge on any atom is -0.363 e. The molecule has 7 heteroatoms. The summed E-state index contributed by atoms with van der Waals surface area (Å²) in [6.45, 7) is 0.517. The quantitative estimate of drug-likeness (QED) is 0.469. The van der Waals surface area contributed by atoms with Gasteiger partial charge in [0.15, 0.2) is 11.6 Å². The minimum atomic E-state index is 0.460. The highest BCUT2D eigenvalue weighted by atomic mass is 15.3. The van der Waals surface area contributed by atoms with Crippen molar-refractivity contribution >= 4 is 11.3 Å². The molecule has 0 unspecified atom stereocenters. The van der Waals surface area contributed by atoms with Crippen LogP contribution in [-0.2, 0) is 6.54 Å². The first-order valence-electron chi connectivity index (χ1n) is 9.76. The summed E-state index contributed by atoms with van der Waals surface area (Å²) in [6.07, 6.45) is 6.86. The molecule has 0 spiro atoms. The third kappa shape index (κ3) is 3.70. The molecule has 0 aliphatic carbocycles. The Bertz CT molecular complexity index is 1390. The molecule has 0 saturated heterocycles. The van der Waals surface area contributed by atoms with E-state index in [2.05, 4.69) is 38.6 Å². The lowest BCUT2D eigenvalue weighted by Gasteiger charge is -2.11. The zero-order chi connectivity index (χ0) is 21.0. The van der Waals surface area contributed by atoms with Crippen molar-refractivity contribution in [1.82, 2.24) is 24.6 Å². The molecule has 5 rings (SSSR count). The van der Waals surface area contributed by atoms with Gasteiger partial charge in [-0.25, -0.2) is 9.50 Å². The highest BCUT2D eigenvalue weighted by molar-refractivity contribution is 5.89. The third-order valence-electron chi connectivity index (χ3n) is 4.88. The third-order valence-corrected chi connectivity index (χ3v) is 4.88. The molecule has 4 aromatic heterocycles. The summed E-state index contributed by atoms with van der Waals surface area (Å²) in [4.78, 5) is 13.3. The van der Waals surface area contributed by atoms with E-state index in [9.17, 15) is 5.26 Å². The lowest BCUT2D eigenvalue weighted by atomic mass is 10.1. The molecular weight excluding hydrogens is 386 g/mol. The number of anilines is 1. The Morgan fingerprint density at radius 3 is 2.65 bits per heavy atom. The van der Waals surface area contributed by atoms with E-state index in [4.69, 9.17) is 4.98 Å². The second kappa shape index (κ2) is 8.05. The molecule has 0 aliphatic heterocycles. The predicted molar refractivity (Wildman–Crippen MR) is 118 cm³/mol. The molecule has 0 aliphatic rings. The molecule has 31 heavy (non-hydrogen) atoms. The zero-order valence-electron chi connectivity index (χ0n) is 16.5. The summed E-state index contributed by atoms with van der Waals surface area (Å²) in [5, 5.41) is 17.3. The highest BCUT2D eigenvalue weighted by Crippen LogP contribution is 2.31. The van der Waals surface area contributed by atoms with E-state index in [1.54, 1.807) is 18.5 Å². The van der Waals surface area contributed by atoms with Crippen LogP contribution in [0.3, 0.4) is 0 Å². The van der Waals surface area contributed by atoms with Crippen molar-refractivity contribution in [1.29, 1.82) is 5.26 Å². The van der Waals surface area contributed by atoms with Crippen molar-refractivity contribution in [3.63, 3.8) is 0 Å². The average Bonchev–Trinajstić information content (AvgIpc) is 3.28. The molecule has 1 aromatic carbocycles. The van der Waals surface area contributed by atoms with Crippen LogP contribution in [0.5, 0.6) is 0 Å². The minimum absolute atomic E-state index is 0.460. The summed E-state index contributed by atoms with van der Waals surface area (Å²) in [7, 11) is 0. The van der Waals surface area contributed by atoms with Gasteiger partial charge < -0.3 is 5.32 Å². The van der Waals surface area contributed by atoms with Crippen molar-refractivity contribution in [3.8, 4) is 28.6 Å². The fourth-order valence-electron chi connectivity index (χ4n) is 3.42. The number of benzene rings is 1. The molecule has 0 saturated carbocycles. The van der Waals surface area contributed by atoms with Gasteiger partial charge in [-0.2, -0.15) is 5.26 Å². The smallest absolute Gasteiger partial charge is 0.183 e. The van der Waals surface area contributed by atoms with Gasteiger partial charge in [0.1, 0.15) is 11.6 Å². The predicted octanol–water partition coefficient (Wildman–Crippen LogP) is 4.34. The van der Waals surface area contributed by atoms with Crippen LogP contribution in [0.4, 0.5) is 5.82 Å². The van der Waals surface area contributed by atoms with Crippen LogP contribution in [-0.4, -0.2) is 24.6 Å². The molecule has 7 nitrogen and oxygen atoms in total. The molecule has 0 amide bonds. The number of fused-ring (bicyclic) bond motifs is 1. The molecule has 0 bridgehead atoms. The Morgan fingerprint density at radius 2 is 1.84 bits per heavy atom. The molecule has 5 aromatic rings. The summed E-state index contributed by atoms with van der Waals surface area (Å²) >= 11 is 0. The monoisotopic (exact) mass is 403 g/mol. The number of pyridine rings is 2. The maximum absolute atomic E-state index is 9.22. The van der Waals surface area contributed by atoms with Gasteiger partial charge in [0.2, 0.25) is 0 Å². The van der Waals surface area contributed by atoms with Crippen LogP contribution in [0.2, 0.25) is 0 Å². The second-order valence-electron chi connectivity index (χ2n) is 6.92. The Kier molecular flexibility index (Phi) is 4.79. The molecule has 0 atom stereocenters. The van der Waals surface area contributed by atoms with E-state index in [1.807, 2.05) is 53.2 Å². The summed E-state index contributed by atoms with van der Waals surface area (Å²) in [6, 6.07) is 21.8. The number of rotatable bonds is 5. The SMILES string of the molecule is N#Cc1cncc(-c2nc(NCc3ccccn3)c3c(-c4ccccc4)ccn3n2)c1. The first kappa shape index (κ1) is 18.5. The average molecular weight is 403 g/mol. The van der Waals surface area contributed by atoms with Crippen LogP contribution < -0.4 is 5.32 Å². The van der Waals surface area contributed by atoms with Gasteiger partial charge in [-0.05, 0) is 29.8 Å². The molecule has 1 N–H and O–H groups in total. The number of aromatic nitrogens is 5. The fraction of sp³-hybridized carbons (Fsp3) is 0.0417. The van der Waals surface area contributed by atoms with Crippen molar-refractivity contribution < 1.29 is 0 Å². The first-order valence-corrected chi connectivity index (χ1v) is 9.76. The van der Waals surface area contributed by atoms with Crippen LogP contribution in [0.15, 0.2) is 85.5 Å². The molecule has 0 radical (unpaired) electrons. The zero-order valence-corrected chi connectivity index (χ0v) is 16.5. The number of hydrogen-bond donors (Lipinski definition) is 1. The van der Waals surface area contributed by atoms with E-state index in [-0.39, 0.29) is 0 Å². The van der Waals surface area contributed by atoms with E-state index in [0.717, 1.165) is 22.3 Å². The Morgan fingerprint density at radius 1 is 0.968 bits per heavy atom. The molecule has 148 valence electrons. The van der Waals surface area contributed by atoms with Gasteiger partial charge >= 0.3 is 0 Å². The van der Waals surface area contributed by atoms with Crippen molar-refractivity contribution in [3.05, 3.63) is 96.7 Å². The highest BCUT2D eigenvalue weighted by Gasteiger charge is 2.15. The van der Waals surface area contributed by atoms with E-state index >= 15 is 0 Å². The summed E-state index contributed by atoms with van der Waals surface area (Å²) in [5.74, 6) is 1.16. The summed E-state index contributed by atoms with van der Waals surface area (Å²) in [5.41, 5.74) is 5.02. The Balaban J connectivity index is 1.65. The van der Waals surface area contributed by atoms with Gasteiger partial charge in [-0.3, -0.25) is 9.97 Å². The van der Waals surface area contributed by atoms with Gasteiger partial charge in [-0.1, -0.05) is 36.4 Å². The maximum Gasteiger partial charge on any atom is 0.183 e. The Hall–Kier alpha value is -4.57.